The van der Waals surface area contributed by atoms with Gasteiger partial charge in [0.15, 0.2) is 0 Å². The Bertz CT molecular complexity index is 869. The van der Waals surface area contributed by atoms with E-state index in [1.165, 1.54) is 23.3 Å². The molecule has 27 heavy (non-hydrogen) atoms. The van der Waals surface area contributed by atoms with Crippen molar-refractivity contribution in [2.45, 2.75) is 26.4 Å². The molecule has 0 aliphatic rings. The van der Waals surface area contributed by atoms with Crippen LogP contribution in [-0.4, -0.2) is 35.3 Å². The predicted octanol–water partition coefficient (Wildman–Crippen LogP) is 4.02. The van der Waals surface area contributed by atoms with Crippen molar-refractivity contribution in [1.29, 1.82) is 0 Å². The SMILES string of the molecule is Cc1nn(-c2ccc(F)cc2)c(C)c1CNC[C@@H](c1ccccc1)N(C)C. The first-order chi connectivity index (χ1) is 13.0. The van der Waals surface area contributed by atoms with E-state index in [9.17, 15) is 4.39 Å². The van der Waals surface area contributed by atoms with Crippen molar-refractivity contribution in [3.05, 3.63) is 82.9 Å². The summed E-state index contributed by atoms with van der Waals surface area (Å²) < 4.78 is 15.1. The zero-order chi connectivity index (χ0) is 19.4. The summed E-state index contributed by atoms with van der Waals surface area (Å²) >= 11 is 0. The van der Waals surface area contributed by atoms with E-state index >= 15 is 0 Å². The molecule has 0 fully saturated rings. The van der Waals surface area contributed by atoms with Crippen LogP contribution in [0.1, 0.15) is 28.6 Å². The molecule has 0 saturated heterocycles. The molecule has 1 atom stereocenters. The highest BCUT2D eigenvalue weighted by molar-refractivity contribution is 5.37. The average molecular weight is 366 g/mol. The van der Waals surface area contributed by atoms with Gasteiger partial charge in [-0.05, 0) is 57.8 Å². The second-order valence-electron chi connectivity index (χ2n) is 7.06. The highest BCUT2D eigenvalue weighted by Crippen LogP contribution is 2.20. The van der Waals surface area contributed by atoms with Crippen LogP contribution in [-0.2, 0) is 6.54 Å². The summed E-state index contributed by atoms with van der Waals surface area (Å²) in [6.45, 7) is 5.67. The van der Waals surface area contributed by atoms with E-state index in [1.807, 2.05) is 17.7 Å². The molecular weight excluding hydrogens is 339 g/mol. The molecule has 5 heteroatoms. The van der Waals surface area contributed by atoms with E-state index < -0.39 is 0 Å². The van der Waals surface area contributed by atoms with Crippen LogP contribution < -0.4 is 5.32 Å². The molecule has 0 spiro atoms. The van der Waals surface area contributed by atoms with Gasteiger partial charge in [0.25, 0.3) is 0 Å². The number of aromatic nitrogens is 2. The fraction of sp³-hybridized carbons (Fsp3) is 0.318. The molecule has 2 aromatic carbocycles. The molecule has 0 aliphatic heterocycles. The predicted molar refractivity (Wildman–Crippen MR) is 108 cm³/mol. The molecule has 4 nitrogen and oxygen atoms in total. The number of rotatable bonds is 7. The quantitative estimate of drug-likeness (QED) is 0.686. The lowest BCUT2D eigenvalue weighted by molar-refractivity contribution is 0.288. The van der Waals surface area contributed by atoms with Crippen LogP contribution in [0.4, 0.5) is 4.39 Å². The van der Waals surface area contributed by atoms with Gasteiger partial charge >= 0.3 is 0 Å². The maximum atomic E-state index is 13.2. The molecule has 0 amide bonds. The lowest BCUT2D eigenvalue weighted by Crippen LogP contribution is -2.31. The van der Waals surface area contributed by atoms with Gasteiger partial charge in [-0.1, -0.05) is 30.3 Å². The fourth-order valence-electron chi connectivity index (χ4n) is 3.37. The zero-order valence-electron chi connectivity index (χ0n) is 16.4. The monoisotopic (exact) mass is 366 g/mol. The molecule has 1 N–H and O–H groups in total. The second kappa shape index (κ2) is 8.46. The summed E-state index contributed by atoms with van der Waals surface area (Å²) in [5.41, 5.74) is 5.42. The number of nitrogens with zero attached hydrogens (tertiary/aromatic N) is 3. The molecule has 0 unspecified atom stereocenters. The van der Waals surface area contributed by atoms with Crippen LogP contribution in [0.3, 0.4) is 0 Å². The van der Waals surface area contributed by atoms with Gasteiger partial charge in [0.2, 0.25) is 0 Å². The molecule has 0 aliphatic carbocycles. The molecule has 1 heterocycles. The van der Waals surface area contributed by atoms with Crippen LogP contribution in [0.2, 0.25) is 0 Å². The highest BCUT2D eigenvalue weighted by atomic mass is 19.1. The van der Waals surface area contributed by atoms with Crippen LogP contribution in [0.15, 0.2) is 54.6 Å². The lowest BCUT2D eigenvalue weighted by Gasteiger charge is -2.25. The third-order valence-electron chi connectivity index (χ3n) is 4.96. The standard InChI is InChI=1S/C22H27FN4/c1-16-21(17(2)27(25-16)20-12-10-19(23)11-13-20)14-24-15-22(26(3)4)18-8-6-5-7-9-18/h5-13,22,24H,14-15H2,1-4H3/t22-/m0/s1. The Morgan fingerprint density at radius 3 is 2.33 bits per heavy atom. The molecule has 1 aromatic heterocycles. The van der Waals surface area contributed by atoms with Crippen LogP contribution in [0.25, 0.3) is 5.69 Å². The Labute approximate surface area is 160 Å². The first kappa shape index (κ1) is 19.3. The molecule has 142 valence electrons. The van der Waals surface area contributed by atoms with Gasteiger partial charge in [0.05, 0.1) is 11.4 Å². The summed E-state index contributed by atoms with van der Waals surface area (Å²) in [6.07, 6.45) is 0. The van der Waals surface area contributed by atoms with Gasteiger partial charge < -0.3 is 10.2 Å². The van der Waals surface area contributed by atoms with Gasteiger partial charge in [-0.2, -0.15) is 5.10 Å². The van der Waals surface area contributed by atoms with Gasteiger partial charge in [-0.15, -0.1) is 0 Å². The molecule has 3 aromatic rings. The van der Waals surface area contributed by atoms with Crippen molar-refractivity contribution in [3.63, 3.8) is 0 Å². The molecule has 3 rings (SSSR count). The summed E-state index contributed by atoms with van der Waals surface area (Å²) in [7, 11) is 4.20. The summed E-state index contributed by atoms with van der Waals surface area (Å²) in [5, 5.41) is 8.23. The van der Waals surface area contributed by atoms with Crippen molar-refractivity contribution >= 4 is 0 Å². The van der Waals surface area contributed by atoms with Gasteiger partial charge in [0, 0.05) is 30.4 Å². The van der Waals surface area contributed by atoms with Crippen molar-refractivity contribution in [2.75, 3.05) is 20.6 Å². The smallest absolute Gasteiger partial charge is 0.123 e. The van der Waals surface area contributed by atoms with Gasteiger partial charge in [-0.25, -0.2) is 9.07 Å². The minimum absolute atomic E-state index is 0.238. The summed E-state index contributed by atoms with van der Waals surface area (Å²) in [5.74, 6) is -0.238. The first-order valence-electron chi connectivity index (χ1n) is 9.20. The maximum absolute atomic E-state index is 13.2. The van der Waals surface area contributed by atoms with E-state index in [0.29, 0.717) is 6.04 Å². The van der Waals surface area contributed by atoms with Gasteiger partial charge in [0.1, 0.15) is 5.82 Å². The number of halogens is 1. The minimum atomic E-state index is -0.238. The molecule has 0 saturated carbocycles. The maximum Gasteiger partial charge on any atom is 0.123 e. The van der Waals surface area contributed by atoms with Crippen LogP contribution in [0, 0.1) is 19.7 Å². The second-order valence-corrected chi connectivity index (χ2v) is 7.06. The van der Waals surface area contributed by atoms with Crippen molar-refractivity contribution in [3.8, 4) is 5.69 Å². The first-order valence-corrected chi connectivity index (χ1v) is 9.20. The van der Waals surface area contributed by atoms with E-state index in [4.69, 9.17) is 0 Å². The topological polar surface area (TPSA) is 33.1 Å². The third kappa shape index (κ3) is 4.43. The zero-order valence-corrected chi connectivity index (χ0v) is 16.4. The Hall–Kier alpha value is -2.50. The fourth-order valence-corrected chi connectivity index (χ4v) is 3.37. The number of hydrogen-bond acceptors (Lipinski definition) is 3. The molecular formula is C22H27FN4. The van der Waals surface area contributed by atoms with Crippen LogP contribution >= 0.6 is 0 Å². The third-order valence-corrected chi connectivity index (χ3v) is 4.96. The van der Waals surface area contributed by atoms with Crippen molar-refractivity contribution in [2.24, 2.45) is 0 Å². The molecule has 0 bridgehead atoms. The summed E-state index contributed by atoms with van der Waals surface area (Å²) in [6, 6.07) is 17.3. The highest BCUT2D eigenvalue weighted by Gasteiger charge is 2.16. The van der Waals surface area contributed by atoms with E-state index in [0.717, 1.165) is 30.2 Å². The lowest BCUT2D eigenvalue weighted by atomic mass is 10.1. The van der Waals surface area contributed by atoms with Crippen molar-refractivity contribution < 1.29 is 4.39 Å². The Morgan fingerprint density at radius 2 is 1.70 bits per heavy atom. The number of likely N-dealkylation sites (N-methyl/N-ethyl adjacent to an activating group) is 1. The largest absolute Gasteiger partial charge is 0.311 e. The Morgan fingerprint density at radius 1 is 1.04 bits per heavy atom. The Balaban J connectivity index is 1.72. The number of benzene rings is 2. The average Bonchev–Trinajstić information content (AvgIpc) is 2.94. The van der Waals surface area contributed by atoms with Crippen molar-refractivity contribution in [1.82, 2.24) is 20.0 Å². The number of aryl methyl sites for hydroxylation is 1. The normalized spacial score (nSPS) is 12.5. The minimum Gasteiger partial charge on any atom is -0.311 e. The summed E-state index contributed by atoms with van der Waals surface area (Å²) in [4.78, 5) is 2.23. The number of hydrogen-bond donors (Lipinski definition) is 1. The molecule has 0 radical (unpaired) electrons. The van der Waals surface area contributed by atoms with E-state index in [1.54, 1.807) is 12.1 Å². The Kier molecular flexibility index (Phi) is 6.04. The van der Waals surface area contributed by atoms with E-state index in [2.05, 4.69) is 60.6 Å². The van der Waals surface area contributed by atoms with Crippen LogP contribution in [0.5, 0.6) is 0 Å². The number of nitrogens with one attached hydrogen (secondary N) is 1. The van der Waals surface area contributed by atoms with Gasteiger partial charge in [-0.3, -0.25) is 0 Å². The van der Waals surface area contributed by atoms with E-state index in [-0.39, 0.29) is 5.82 Å².